The van der Waals surface area contributed by atoms with E-state index in [0.717, 1.165) is 5.56 Å². The molecule has 6 heteroatoms. The number of methoxy groups -OCH3 is 1. The van der Waals surface area contributed by atoms with Gasteiger partial charge in [0.15, 0.2) is 0 Å². The lowest BCUT2D eigenvalue weighted by Crippen LogP contribution is -2.02. The Kier molecular flexibility index (Phi) is 4.02. The molecule has 106 valence electrons. The van der Waals surface area contributed by atoms with E-state index in [1.165, 1.54) is 23.9 Å². The SMILES string of the molecule is COc1c(CCC(=O)O)c(C)nn1-c1cccc(F)c1. The fraction of sp³-hybridized carbons (Fsp3) is 0.286. The predicted octanol–water partition coefficient (Wildman–Crippen LogP) is 2.35. The number of rotatable bonds is 5. The largest absolute Gasteiger partial charge is 0.481 e. The van der Waals surface area contributed by atoms with Crippen molar-refractivity contribution in [3.8, 4) is 11.6 Å². The lowest BCUT2D eigenvalue weighted by Gasteiger charge is -2.07. The molecule has 1 N–H and O–H groups in total. The van der Waals surface area contributed by atoms with Gasteiger partial charge in [0.25, 0.3) is 0 Å². The summed E-state index contributed by atoms with van der Waals surface area (Å²) in [5.74, 6) is -0.816. The van der Waals surface area contributed by atoms with Crippen LogP contribution in [-0.2, 0) is 11.2 Å². The van der Waals surface area contributed by atoms with Crippen molar-refractivity contribution in [3.63, 3.8) is 0 Å². The third kappa shape index (κ3) is 2.79. The third-order valence-electron chi connectivity index (χ3n) is 2.97. The van der Waals surface area contributed by atoms with Gasteiger partial charge in [-0.15, -0.1) is 0 Å². The molecule has 1 aromatic carbocycles. The highest BCUT2D eigenvalue weighted by Crippen LogP contribution is 2.27. The molecule has 0 spiro atoms. The van der Waals surface area contributed by atoms with Crippen molar-refractivity contribution in [2.24, 2.45) is 0 Å². The van der Waals surface area contributed by atoms with E-state index in [0.29, 0.717) is 23.7 Å². The minimum absolute atomic E-state index is 0.00789. The fourth-order valence-electron chi connectivity index (χ4n) is 2.05. The molecule has 0 saturated carbocycles. The van der Waals surface area contributed by atoms with Crippen LogP contribution in [0.3, 0.4) is 0 Å². The summed E-state index contributed by atoms with van der Waals surface area (Å²) in [6, 6.07) is 5.98. The summed E-state index contributed by atoms with van der Waals surface area (Å²) in [5, 5.41) is 13.1. The van der Waals surface area contributed by atoms with Gasteiger partial charge in [0.05, 0.1) is 18.5 Å². The summed E-state index contributed by atoms with van der Waals surface area (Å²) in [5.41, 5.74) is 1.93. The monoisotopic (exact) mass is 278 g/mol. The summed E-state index contributed by atoms with van der Waals surface area (Å²) in [6.45, 7) is 1.77. The molecule has 0 aliphatic carbocycles. The second-order valence-electron chi connectivity index (χ2n) is 4.36. The van der Waals surface area contributed by atoms with E-state index in [-0.39, 0.29) is 12.2 Å². The Labute approximate surface area is 115 Å². The normalized spacial score (nSPS) is 10.6. The number of aliphatic carboxylic acids is 1. The molecule has 0 atom stereocenters. The van der Waals surface area contributed by atoms with E-state index in [1.807, 2.05) is 0 Å². The average Bonchev–Trinajstić information content (AvgIpc) is 2.72. The van der Waals surface area contributed by atoms with Gasteiger partial charge in [-0.2, -0.15) is 5.10 Å². The van der Waals surface area contributed by atoms with Crippen LogP contribution >= 0.6 is 0 Å². The van der Waals surface area contributed by atoms with E-state index >= 15 is 0 Å². The molecule has 2 aromatic rings. The standard InChI is InChI=1S/C14H15FN2O3/c1-9-12(6-7-13(18)19)14(20-2)17(16-9)11-5-3-4-10(15)8-11/h3-5,8H,6-7H2,1-2H3,(H,18,19). The first kappa shape index (κ1) is 14.0. The molecule has 1 heterocycles. The van der Waals surface area contributed by atoms with Gasteiger partial charge in [0, 0.05) is 12.0 Å². The summed E-state index contributed by atoms with van der Waals surface area (Å²) >= 11 is 0. The number of aryl methyl sites for hydroxylation is 1. The van der Waals surface area contributed by atoms with E-state index in [4.69, 9.17) is 9.84 Å². The maximum atomic E-state index is 13.3. The molecular formula is C14H15FN2O3. The molecule has 0 aliphatic rings. The van der Waals surface area contributed by atoms with Crippen molar-refractivity contribution < 1.29 is 19.0 Å². The van der Waals surface area contributed by atoms with E-state index in [2.05, 4.69) is 5.10 Å². The number of nitrogens with zero attached hydrogens (tertiary/aromatic N) is 2. The Morgan fingerprint density at radius 2 is 2.25 bits per heavy atom. The lowest BCUT2D eigenvalue weighted by atomic mass is 10.1. The molecule has 0 bridgehead atoms. The zero-order chi connectivity index (χ0) is 14.7. The Morgan fingerprint density at radius 3 is 2.85 bits per heavy atom. The van der Waals surface area contributed by atoms with Crippen molar-refractivity contribution in [2.45, 2.75) is 19.8 Å². The van der Waals surface area contributed by atoms with E-state index in [9.17, 15) is 9.18 Å². The molecule has 0 amide bonds. The van der Waals surface area contributed by atoms with Crippen molar-refractivity contribution in [2.75, 3.05) is 7.11 Å². The second-order valence-corrected chi connectivity index (χ2v) is 4.36. The first-order valence-electron chi connectivity index (χ1n) is 6.13. The van der Waals surface area contributed by atoms with Crippen LogP contribution in [0.4, 0.5) is 4.39 Å². The number of halogens is 1. The highest BCUT2D eigenvalue weighted by Gasteiger charge is 2.18. The van der Waals surface area contributed by atoms with Gasteiger partial charge in [0.1, 0.15) is 5.82 Å². The fourth-order valence-corrected chi connectivity index (χ4v) is 2.05. The molecule has 0 fully saturated rings. The summed E-state index contributed by atoms with van der Waals surface area (Å²) < 4.78 is 20.1. The average molecular weight is 278 g/mol. The van der Waals surface area contributed by atoms with Crippen LogP contribution < -0.4 is 4.74 Å². The van der Waals surface area contributed by atoms with Crippen LogP contribution in [0.5, 0.6) is 5.88 Å². The molecular weight excluding hydrogens is 263 g/mol. The Balaban J connectivity index is 2.44. The van der Waals surface area contributed by atoms with Gasteiger partial charge >= 0.3 is 5.97 Å². The van der Waals surface area contributed by atoms with E-state index in [1.54, 1.807) is 19.1 Å². The van der Waals surface area contributed by atoms with Gasteiger partial charge < -0.3 is 9.84 Å². The number of hydrogen-bond donors (Lipinski definition) is 1. The van der Waals surface area contributed by atoms with Crippen molar-refractivity contribution in [1.29, 1.82) is 0 Å². The Bertz CT molecular complexity index is 637. The van der Waals surface area contributed by atoms with Crippen LogP contribution in [0.2, 0.25) is 0 Å². The van der Waals surface area contributed by atoms with Crippen LogP contribution in [0, 0.1) is 12.7 Å². The molecule has 5 nitrogen and oxygen atoms in total. The number of carbonyl (C=O) groups is 1. The lowest BCUT2D eigenvalue weighted by molar-refractivity contribution is -0.136. The van der Waals surface area contributed by atoms with Gasteiger partial charge in [-0.3, -0.25) is 4.79 Å². The molecule has 20 heavy (non-hydrogen) atoms. The molecule has 0 saturated heterocycles. The zero-order valence-electron chi connectivity index (χ0n) is 11.3. The van der Waals surface area contributed by atoms with Crippen LogP contribution in [0.15, 0.2) is 24.3 Å². The van der Waals surface area contributed by atoms with Gasteiger partial charge in [0.2, 0.25) is 5.88 Å². The predicted molar refractivity (Wildman–Crippen MR) is 70.8 cm³/mol. The summed E-state index contributed by atoms with van der Waals surface area (Å²) in [4.78, 5) is 10.7. The molecule has 0 aliphatic heterocycles. The smallest absolute Gasteiger partial charge is 0.303 e. The highest BCUT2D eigenvalue weighted by molar-refractivity contribution is 5.67. The quantitative estimate of drug-likeness (QED) is 0.911. The number of carboxylic acid groups (broad SMARTS) is 1. The number of ether oxygens (including phenoxy) is 1. The van der Waals surface area contributed by atoms with Crippen molar-refractivity contribution >= 4 is 5.97 Å². The van der Waals surface area contributed by atoms with Gasteiger partial charge in [-0.25, -0.2) is 9.07 Å². The number of hydrogen-bond acceptors (Lipinski definition) is 3. The molecule has 2 rings (SSSR count). The Morgan fingerprint density at radius 1 is 1.50 bits per heavy atom. The van der Waals surface area contributed by atoms with Crippen LogP contribution in [0.25, 0.3) is 5.69 Å². The van der Waals surface area contributed by atoms with Crippen molar-refractivity contribution in [1.82, 2.24) is 9.78 Å². The molecule has 1 aromatic heterocycles. The Hall–Kier alpha value is -2.37. The van der Waals surface area contributed by atoms with Gasteiger partial charge in [-0.1, -0.05) is 6.07 Å². The second kappa shape index (κ2) is 5.73. The minimum atomic E-state index is -0.884. The van der Waals surface area contributed by atoms with Crippen LogP contribution in [-0.4, -0.2) is 28.0 Å². The third-order valence-corrected chi connectivity index (χ3v) is 2.97. The van der Waals surface area contributed by atoms with Crippen LogP contribution in [0.1, 0.15) is 17.7 Å². The minimum Gasteiger partial charge on any atom is -0.481 e. The number of benzene rings is 1. The highest BCUT2D eigenvalue weighted by atomic mass is 19.1. The maximum Gasteiger partial charge on any atom is 0.303 e. The first-order chi connectivity index (χ1) is 9.52. The summed E-state index contributed by atoms with van der Waals surface area (Å²) in [6.07, 6.45) is 0.311. The molecule has 0 unspecified atom stereocenters. The number of carboxylic acids is 1. The van der Waals surface area contributed by atoms with Crippen molar-refractivity contribution in [3.05, 3.63) is 41.3 Å². The first-order valence-corrected chi connectivity index (χ1v) is 6.13. The zero-order valence-corrected chi connectivity index (χ0v) is 11.3. The summed E-state index contributed by atoms with van der Waals surface area (Å²) in [7, 11) is 1.48. The van der Waals surface area contributed by atoms with Gasteiger partial charge in [-0.05, 0) is 31.5 Å². The topological polar surface area (TPSA) is 64.3 Å². The number of aromatic nitrogens is 2. The molecule has 0 radical (unpaired) electrons. The maximum absolute atomic E-state index is 13.3. The van der Waals surface area contributed by atoms with E-state index < -0.39 is 5.97 Å².